The molecular weight excluding hydrogens is 224 g/mol. The Morgan fingerprint density at radius 3 is 2.88 bits per heavy atom. The van der Waals surface area contributed by atoms with Crippen LogP contribution in [0.2, 0.25) is 0 Å². The number of rotatable bonds is 3. The number of aromatic nitrogens is 1. The van der Waals surface area contributed by atoms with Gasteiger partial charge in [0.1, 0.15) is 6.20 Å². The first-order valence-corrected chi connectivity index (χ1v) is 5.23. The van der Waals surface area contributed by atoms with Crippen LogP contribution in [-0.4, -0.2) is 23.0 Å². The Labute approximate surface area is 97.8 Å². The Kier molecular flexibility index (Phi) is 2.79. The lowest BCUT2D eigenvalue weighted by Gasteiger charge is -2.04. The molecule has 1 aromatic rings. The van der Waals surface area contributed by atoms with E-state index in [9.17, 15) is 14.9 Å². The fraction of sp³-hybridized carbons (Fsp3) is 0.455. The average molecular weight is 236 g/mol. The summed E-state index contributed by atoms with van der Waals surface area (Å²) < 4.78 is 4.65. The Morgan fingerprint density at radius 2 is 2.29 bits per heavy atom. The number of hydrogen-bond donors (Lipinski definition) is 0. The molecule has 6 nitrogen and oxygen atoms in total. The van der Waals surface area contributed by atoms with Crippen molar-refractivity contribution in [2.45, 2.75) is 19.3 Å². The molecule has 2 rings (SSSR count). The number of pyridine rings is 1. The van der Waals surface area contributed by atoms with Crippen molar-refractivity contribution in [1.29, 1.82) is 0 Å². The summed E-state index contributed by atoms with van der Waals surface area (Å²) in [4.78, 5) is 25.5. The van der Waals surface area contributed by atoms with Gasteiger partial charge in [-0.2, -0.15) is 0 Å². The van der Waals surface area contributed by atoms with Crippen LogP contribution in [-0.2, 0) is 9.53 Å². The molecule has 0 aliphatic heterocycles. The smallest absolute Gasteiger partial charge is 0.309 e. The molecule has 0 aromatic carbocycles. The number of carbonyl (C=O) groups is 1. The minimum absolute atomic E-state index is 0.00184. The monoisotopic (exact) mass is 236 g/mol. The van der Waals surface area contributed by atoms with Gasteiger partial charge < -0.3 is 4.74 Å². The summed E-state index contributed by atoms with van der Waals surface area (Å²) in [6.07, 6.45) is 3.50. The van der Waals surface area contributed by atoms with Crippen LogP contribution in [0, 0.1) is 23.0 Å². The van der Waals surface area contributed by atoms with Gasteiger partial charge in [0.15, 0.2) is 0 Å². The van der Waals surface area contributed by atoms with Crippen LogP contribution >= 0.6 is 0 Å². The third-order valence-corrected chi connectivity index (χ3v) is 3.12. The maximum Gasteiger partial charge on any atom is 0.309 e. The van der Waals surface area contributed by atoms with Crippen molar-refractivity contribution in [3.63, 3.8) is 0 Å². The number of carbonyl (C=O) groups excluding carboxylic acids is 1. The van der Waals surface area contributed by atoms with Gasteiger partial charge in [0, 0.05) is 17.7 Å². The van der Waals surface area contributed by atoms with E-state index >= 15 is 0 Å². The van der Waals surface area contributed by atoms with Gasteiger partial charge in [-0.05, 0) is 18.9 Å². The highest BCUT2D eigenvalue weighted by molar-refractivity contribution is 5.77. The lowest BCUT2D eigenvalue weighted by molar-refractivity contribution is -0.385. The van der Waals surface area contributed by atoms with Gasteiger partial charge in [-0.3, -0.25) is 19.9 Å². The van der Waals surface area contributed by atoms with E-state index in [4.69, 9.17) is 0 Å². The third kappa shape index (κ3) is 1.98. The van der Waals surface area contributed by atoms with Crippen molar-refractivity contribution in [3.8, 4) is 0 Å². The lowest BCUT2D eigenvalue weighted by Crippen LogP contribution is -2.05. The highest BCUT2D eigenvalue weighted by Crippen LogP contribution is 2.49. The highest BCUT2D eigenvalue weighted by atomic mass is 16.6. The molecule has 0 saturated heterocycles. The molecule has 1 aliphatic rings. The molecule has 0 N–H and O–H groups in total. The normalized spacial score (nSPS) is 22.0. The van der Waals surface area contributed by atoms with Crippen LogP contribution in [0.25, 0.3) is 0 Å². The van der Waals surface area contributed by atoms with Crippen molar-refractivity contribution >= 4 is 11.7 Å². The fourth-order valence-electron chi connectivity index (χ4n) is 2.04. The van der Waals surface area contributed by atoms with Crippen molar-refractivity contribution < 1.29 is 14.5 Å². The molecule has 1 aliphatic carbocycles. The highest BCUT2D eigenvalue weighted by Gasteiger charge is 2.46. The zero-order chi connectivity index (χ0) is 12.6. The van der Waals surface area contributed by atoms with Gasteiger partial charge in [-0.1, -0.05) is 0 Å². The molecule has 0 spiro atoms. The maximum atomic E-state index is 11.3. The van der Waals surface area contributed by atoms with E-state index in [1.165, 1.54) is 13.3 Å². The average Bonchev–Trinajstić information content (AvgIpc) is 3.08. The quantitative estimate of drug-likeness (QED) is 0.452. The molecule has 0 bridgehead atoms. The maximum absolute atomic E-state index is 11.3. The van der Waals surface area contributed by atoms with Gasteiger partial charge in [0.25, 0.3) is 5.69 Å². The van der Waals surface area contributed by atoms with Crippen molar-refractivity contribution in [2.24, 2.45) is 5.92 Å². The minimum Gasteiger partial charge on any atom is -0.469 e. The second-order valence-electron chi connectivity index (χ2n) is 4.10. The molecular formula is C11H12N2O4. The number of nitro groups is 1. The first kappa shape index (κ1) is 11.5. The van der Waals surface area contributed by atoms with Gasteiger partial charge in [0.2, 0.25) is 0 Å². The summed E-state index contributed by atoms with van der Waals surface area (Å²) in [6.45, 7) is 1.68. The number of nitrogens with zero attached hydrogens (tertiary/aromatic N) is 2. The molecule has 6 heteroatoms. The molecule has 17 heavy (non-hydrogen) atoms. The van der Waals surface area contributed by atoms with Crippen LogP contribution in [0.5, 0.6) is 0 Å². The Bertz CT molecular complexity index is 486. The SMILES string of the molecule is COC(=O)[C@H]1C[C@@H]1c1cncc([N+](=O)[O-])c1C. The Hall–Kier alpha value is -1.98. The standard InChI is InChI=1S/C11H12N2O4/c1-6-9(4-12-5-10(6)13(15)16)7-3-8(7)11(14)17-2/h4-5,7-8H,3H2,1-2H3/t7-,8-/m0/s1. The van der Waals surface area contributed by atoms with Crippen LogP contribution in [0.3, 0.4) is 0 Å². The predicted molar refractivity (Wildman–Crippen MR) is 58.5 cm³/mol. The van der Waals surface area contributed by atoms with E-state index < -0.39 is 4.92 Å². The Morgan fingerprint density at radius 1 is 1.59 bits per heavy atom. The van der Waals surface area contributed by atoms with Crippen molar-refractivity contribution in [3.05, 3.63) is 33.6 Å². The fourth-order valence-corrected chi connectivity index (χ4v) is 2.04. The molecule has 90 valence electrons. The van der Waals surface area contributed by atoms with Gasteiger partial charge in [-0.25, -0.2) is 0 Å². The number of methoxy groups -OCH3 is 1. The van der Waals surface area contributed by atoms with Crippen molar-refractivity contribution in [1.82, 2.24) is 4.98 Å². The molecule has 0 radical (unpaired) electrons. The van der Waals surface area contributed by atoms with E-state index in [1.54, 1.807) is 13.1 Å². The molecule has 1 saturated carbocycles. The third-order valence-electron chi connectivity index (χ3n) is 3.12. The second kappa shape index (κ2) is 4.12. The number of esters is 1. The molecule has 1 aromatic heterocycles. The van der Waals surface area contributed by atoms with Crippen LogP contribution in [0.1, 0.15) is 23.5 Å². The zero-order valence-corrected chi connectivity index (χ0v) is 9.54. The molecule has 1 fully saturated rings. The van der Waals surface area contributed by atoms with Gasteiger partial charge >= 0.3 is 5.97 Å². The van der Waals surface area contributed by atoms with Gasteiger partial charge in [0.05, 0.1) is 18.0 Å². The summed E-state index contributed by atoms with van der Waals surface area (Å²) in [5, 5.41) is 10.8. The van der Waals surface area contributed by atoms with Crippen molar-refractivity contribution in [2.75, 3.05) is 7.11 Å². The molecule has 2 atom stereocenters. The second-order valence-corrected chi connectivity index (χ2v) is 4.10. The number of ether oxygens (including phenoxy) is 1. The summed E-state index contributed by atoms with van der Waals surface area (Å²) in [5.74, 6) is -0.432. The van der Waals surface area contributed by atoms with Crippen LogP contribution in [0.4, 0.5) is 5.69 Å². The van der Waals surface area contributed by atoms with E-state index in [-0.39, 0.29) is 23.5 Å². The van der Waals surface area contributed by atoms with Crippen LogP contribution in [0.15, 0.2) is 12.4 Å². The van der Waals surface area contributed by atoms with E-state index in [1.807, 2.05) is 0 Å². The molecule has 1 heterocycles. The van der Waals surface area contributed by atoms with E-state index in [2.05, 4.69) is 9.72 Å². The molecule has 0 amide bonds. The first-order chi connectivity index (χ1) is 8.06. The largest absolute Gasteiger partial charge is 0.469 e. The predicted octanol–water partition coefficient (Wildman–Crippen LogP) is 1.57. The minimum atomic E-state index is -0.457. The zero-order valence-electron chi connectivity index (χ0n) is 9.54. The van der Waals surface area contributed by atoms with Gasteiger partial charge in [-0.15, -0.1) is 0 Å². The first-order valence-electron chi connectivity index (χ1n) is 5.23. The van der Waals surface area contributed by atoms with E-state index in [0.29, 0.717) is 12.0 Å². The summed E-state index contributed by atoms with van der Waals surface area (Å²) in [6, 6.07) is 0. The topological polar surface area (TPSA) is 82.3 Å². The Balaban J connectivity index is 2.27. The number of hydrogen-bond acceptors (Lipinski definition) is 5. The van der Waals surface area contributed by atoms with Crippen LogP contribution < -0.4 is 0 Å². The molecule has 0 unspecified atom stereocenters. The lowest BCUT2D eigenvalue weighted by atomic mass is 10.0. The summed E-state index contributed by atoms with van der Waals surface area (Å²) in [7, 11) is 1.34. The van der Waals surface area contributed by atoms with E-state index in [0.717, 1.165) is 5.56 Å². The summed E-state index contributed by atoms with van der Waals surface area (Å²) >= 11 is 0. The summed E-state index contributed by atoms with van der Waals surface area (Å²) in [5.41, 5.74) is 1.36.